The lowest BCUT2D eigenvalue weighted by Gasteiger charge is -2.30. The monoisotopic (exact) mass is 305 g/mol. The van der Waals surface area contributed by atoms with Crippen molar-refractivity contribution in [3.8, 4) is 0 Å². The fourth-order valence-corrected chi connectivity index (χ4v) is 3.31. The van der Waals surface area contributed by atoms with Crippen molar-refractivity contribution in [2.24, 2.45) is 11.0 Å². The molecule has 0 aromatic heterocycles. The lowest BCUT2D eigenvalue weighted by Crippen LogP contribution is -2.43. The summed E-state index contributed by atoms with van der Waals surface area (Å²) in [6.45, 7) is 2.61. The van der Waals surface area contributed by atoms with E-state index in [2.05, 4.69) is 34.3 Å². The molecule has 4 nitrogen and oxygen atoms in total. The van der Waals surface area contributed by atoms with Gasteiger partial charge in [0.05, 0.1) is 17.3 Å². The molecule has 0 bridgehead atoms. The van der Waals surface area contributed by atoms with E-state index in [1.807, 2.05) is 36.4 Å². The third-order valence-electron chi connectivity index (χ3n) is 4.51. The molecule has 1 atom stereocenters. The van der Waals surface area contributed by atoms with Gasteiger partial charge in [-0.25, -0.2) is 5.01 Å². The number of anilines is 1. The number of carbonyl (C=O) groups excluding carboxylic acids is 1. The van der Waals surface area contributed by atoms with Gasteiger partial charge in [0.15, 0.2) is 0 Å². The zero-order chi connectivity index (χ0) is 15.6. The van der Waals surface area contributed by atoms with Crippen LogP contribution in [0.15, 0.2) is 65.8 Å². The van der Waals surface area contributed by atoms with Gasteiger partial charge >= 0.3 is 0 Å². The Bertz CT molecular complexity index is 727. The minimum atomic E-state index is -0.0901. The summed E-state index contributed by atoms with van der Waals surface area (Å²) in [7, 11) is 0. The number of rotatable bonds is 3. The molecule has 4 rings (SSSR count). The normalized spacial score (nSPS) is 21.2. The molecule has 2 aliphatic rings. The first kappa shape index (κ1) is 14.2. The highest BCUT2D eigenvalue weighted by molar-refractivity contribution is 6.16. The summed E-state index contributed by atoms with van der Waals surface area (Å²) in [6, 6.07) is 20.1. The van der Waals surface area contributed by atoms with Gasteiger partial charge in [-0.2, -0.15) is 5.10 Å². The lowest BCUT2D eigenvalue weighted by molar-refractivity contribution is -0.120. The number of piperidine rings is 1. The van der Waals surface area contributed by atoms with E-state index in [1.165, 1.54) is 5.56 Å². The Labute approximate surface area is 136 Å². The molecule has 0 N–H and O–H groups in total. The van der Waals surface area contributed by atoms with Crippen molar-refractivity contribution in [2.45, 2.75) is 13.0 Å². The van der Waals surface area contributed by atoms with Gasteiger partial charge in [-0.05, 0) is 17.7 Å². The van der Waals surface area contributed by atoms with E-state index in [4.69, 9.17) is 0 Å². The van der Waals surface area contributed by atoms with Crippen LogP contribution in [0.3, 0.4) is 0 Å². The number of likely N-dealkylation sites (tertiary alicyclic amines) is 1. The first-order valence-electron chi connectivity index (χ1n) is 8.04. The standard InChI is InChI=1S/C19H19N3O/c23-19-17-14-21(13-15-7-3-1-4-8-15)12-11-18(17)20-22(19)16-9-5-2-6-10-16/h1-10,17H,11-14H2. The summed E-state index contributed by atoms with van der Waals surface area (Å²) in [5, 5.41) is 6.15. The van der Waals surface area contributed by atoms with Gasteiger partial charge in [-0.15, -0.1) is 0 Å². The summed E-state index contributed by atoms with van der Waals surface area (Å²) in [6.07, 6.45) is 0.868. The van der Waals surface area contributed by atoms with Gasteiger partial charge in [0, 0.05) is 26.1 Å². The molecule has 0 spiro atoms. The lowest BCUT2D eigenvalue weighted by atomic mass is 9.95. The SMILES string of the molecule is O=C1C2CN(Cc3ccccc3)CCC2=NN1c1ccccc1. The molecule has 1 amide bonds. The minimum Gasteiger partial charge on any atom is -0.298 e. The second-order valence-electron chi connectivity index (χ2n) is 6.10. The number of benzene rings is 2. The number of fused-ring (bicyclic) bond motifs is 1. The maximum atomic E-state index is 12.7. The smallest absolute Gasteiger partial charge is 0.257 e. The quantitative estimate of drug-likeness (QED) is 0.874. The molecule has 1 fully saturated rings. The van der Waals surface area contributed by atoms with Crippen LogP contribution in [0.5, 0.6) is 0 Å². The van der Waals surface area contributed by atoms with E-state index >= 15 is 0 Å². The van der Waals surface area contributed by atoms with Crippen LogP contribution in [0.1, 0.15) is 12.0 Å². The van der Waals surface area contributed by atoms with Crippen molar-refractivity contribution < 1.29 is 4.79 Å². The number of hydrogen-bond donors (Lipinski definition) is 0. The van der Waals surface area contributed by atoms with Crippen LogP contribution in [-0.2, 0) is 11.3 Å². The molecular weight excluding hydrogens is 286 g/mol. The van der Waals surface area contributed by atoms with Crippen LogP contribution in [0, 0.1) is 5.92 Å². The number of hydrogen-bond acceptors (Lipinski definition) is 3. The maximum Gasteiger partial charge on any atom is 0.257 e. The predicted octanol–water partition coefficient (Wildman–Crippen LogP) is 2.91. The van der Waals surface area contributed by atoms with Gasteiger partial charge in [0.1, 0.15) is 0 Å². The van der Waals surface area contributed by atoms with Crippen LogP contribution in [0.25, 0.3) is 0 Å². The van der Waals surface area contributed by atoms with Gasteiger partial charge in [-0.3, -0.25) is 9.69 Å². The van der Waals surface area contributed by atoms with E-state index in [0.29, 0.717) is 0 Å². The van der Waals surface area contributed by atoms with Crippen molar-refractivity contribution in [3.05, 3.63) is 66.2 Å². The Balaban J connectivity index is 1.49. The molecule has 23 heavy (non-hydrogen) atoms. The first-order chi connectivity index (χ1) is 11.3. The van der Waals surface area contributed by atoms with Crippen molar-refractivity contribution >= 4 is 17.3 Å². The van der Waals surface area contributed by atoms with Crippen LogP contribution in [-0.4, -0.2) is 29.6 Å². The summed E-state index contributed by atoms with van der Waals surface area (Å²) >= 11 is 0. The van der Waals surface area contributed by atoms with E-state index < -0.39 is 0 Å². The Hall–Kier alpha value is -2.46. The summed E-state index contributed by atoms with van der Waals surface area (Å²) in [5.41, 5.74) is 3.18. The molecule has 4 heteroatoms. The van der Waals surface area contributed by atoms with Crippen LogP contribution < -0.4 is 5.01 Å². The highest BCUT2D eigenvalue weighted by Gasteiger charge is 2.39. The predicted molar refractivity (Wildman–Crippen MR) is 91.2 cm³/mol. The highest BCUT2D eigenvalue weighted by atomic mass is 16.2. The fourth-order valence-electron chi connectivity index (χ4n) is 3.31. The molecule has 1 saturated heterocycles. The second kappa shape index (κ2) is 5.97. The summed E-state index contributed by atoms with van der Waals surface area (Å²) in [5.74, 6) is 0.0108. The zero-order valence-corrected chi connectivity index (χ0v) is 12.9. The second-order valence-corrected chi connectivity index (χ2v) is 6.10. The number of nitrogens with zero attached hydrogens (tertiary/aromatic N) is 3. The maximum absolute atomic E-state index is 12.7. The fraction of sp³-hybridized carbons (Fsp3) is 0.263. The third kappa shape index (κ3) is 2.78. The van der Waals surface area contributed by atoms with Crippen LogP contribution in [0.2, 0.25) is 0 Å². The number of carbonyl (C=O) groups is 1. The molecule has 0 aliphatic carbocycles. The van der Waals surface area contributed by atoms with E-state index in [1.54, 1.807) is 5.01 Å². The Morgan fingerprint density at radius 2 is 1.70 bits per heavy atom. The Morgan fingerprint density at radius 1 is 1.00 bits per heavy atom. The average molecular weight is 305 g/mol. The highest BCUT2D eigenvalue weighted by Crippen LogP contribution is 2.28. The average Bonchev–Trinajstić information content (AvgIpc) is 2.93. The molecule has 0 radical (unpaired) electrons. The number of amides is 1. The largest absolute Gasteiger partial charge is 0.298 e. The zero-order valence-electron chi connectivity index (χ0n) is 12.9. The molecule has 2 aliphatic heterocycles. The van der Waals surface area contributed by atoms with E-state index in [-0.39, 0.29) is 11.8 Å². The molecule has 2 aromatic carbocycles. The van der Waals surface area contributed by atoms with Crippen LogP contribution in [0.4, 0.5) is 5.69 Å². The number of para-hydroxylation sites is 1. The Kier molecular flexibility index (Phi) is 3.67. The first-order valence-corrected chi connectivity index (χ1v) is 8.04. The van der Waals surface area contributed by atoms with E-state index in [9.17, 15) is 4.79 Å². The molecule has 0 saturated carbocycles. The van der Waals surface area contributed by atoms with Gasteiger partial charge in [0.2, 0.25) is 0 Å². The molecular formula is C19H19N3O. The summed E-state index contributed by atoms with van der Waals surface area (Å²) in [4.78, 5) is 15.1. The molecule has 2 heterocycles. The Morgan fingerprint density at radius 3 is 2.43 bits per heavy atom. The topological polar surface area (TPSA) is 35.9 Å². The molecule has 2 aromatic rings. The number of hydrazone groups is 1. The summed E-state index contributed by atoms with van der Waals surface area (Å²) < 4.78 is 0. The van der Waals surface area contributed by atoms with Gasteiger partial charge in [-0.1, -0.05) is 48.5 Å². The van der Waals surface area contributed by atoms with Crippen molar-refractivity contribution in [2.75, 3.05) is 18.1 Å². The van der Waals surface area contributed by atoms with Crippen molar-refractivity contribution in [1.82, 2.24) is 4.90 Å². The molecule has 116 valence electrons. The van der Waals surface area contributed by atoms with Gasteiger partial charge < -0.3 is 0 Å². The van der Waals surface area contributed by atoms with Crippen molar-refractivity contribution in [1.29, 1.82) is 0 Å². The van der Waals surface area contributed by atoms with Crippen molar-refractivity contribution in [3.63, 3.8) is 0 Å². The minimum absolute atomic E-state index is 0.0901. The third-order valence-corrected chi connectivity index (χ3v) is 4.51. The molecule has 1 unspecified atom stereocenters. The van der Waals surface area contributed by atoms with E-state index in [0.717, 1.165) is 37.5 Å². The van der Waals surface area contributed by atoms with Gasteiger partial charge in [0.25, 0.3) is 5.91 Å². The van der Waals surface area contributed by atoms with Crippen LogP contribution >= 0.6 is 0 Å².